The molecule has 4 rings (SSSR count). The first-order chi connectivity index (χ1) is 18.9. The van der Waals surface area contributed by atoms with Crippen LogP contribution in [0.15, 0.2) is 48.5 Å². The Morgan fingerprint density at radius 3 is 2.41 bits per heavy atom. The lowest BCUT2D eigenvalue weighted by Gasteiger charge is -2.36. The molecule has 1 amide bonds. The number of hydrogen-bond acceptors (Lipinski definition) is 5. The average molecular weight is 536 g/mol. The van der Waals surface area contributed by atoms with E-state index in [2.05, 4.69) is 30.6 Å². The predicted molar refractivity (Wildman–Crippen MR) is 154 cm³/mol. The van der Waals surface area contributed by atoms with Crippen molar-refractivity contribution in [2.75, 3.05) is 50.8 Å². The van der Waals surface area contributed by atoms with Crippen LogP contribution < -0.4 is 9.64 Å². The van der Waals surface area contributed by atoms with Crippen LogP contribution in [-0.2, 0) is 6.54 Å². The van der Waals surface area contributed by atoms with Crippen LogP contribution in [0.2, 0.25) is 0 Å². The second-order valence-corrected chi connectivity index (χ2v) is 10.2. The number of nitrogens with zero attached hydrogens (tertiary/aromatic N) is 5. The number of benzene rings is 2. The minimum absolute atomic E-state index is 0.0170. The van der Waals surface area contributed by atoms with Gasteiger partial charge in [-0.2, -0.15) is 5.10 Å². The Labute approximate surface area is 232 Å². The molecule has 0 unspecified atom stereocenters. The molecule has 0 saturated carbocycles. The Hall–Kier alpha value is -3.39. The van der Waals surface area contributed by atoms with Gasteiger partial charge in [-0.1, -0.05) is 33.3 Å². The first-order valence-corrected chi connectivity index (χ1v) is 14.3. The number of anilines is 1. The van der Waals surface area contributed by atoms with E-state index in [1.165, 1.54) is 12.1 Å². The summed E-state index contributed by atoms with van der Waals surface area (Å²) >= 11 is 0. The molecule has 0 aliphatic carbocycles. The summed E-state index contributed by atoms with van der Waals surface area (Å²) in [5, 5.41) is 4.87. The number of ether oxygens (including phenoxy) is 1. The third-order valence-corrected chi connectivity index (χ3v) is 7.33. The van der Waals surface area contributed by atoms with Gasteiger partial charge in [-0.15, -0.1) is 0 Å². The van der Waals surface area contributed by atoms with Crippen molar-refractivity contribution < 1.29 is 13.9 Å². The molecular weight excluding hydrogens is 493 g/mol. The Morgan fingerprint density at radius 2 is 1.77 bits per heavy atom. The largest absolute Gasteiger partial charge is 0.494 e. The van der Waals surface area contributed by atoms with E-state index in [1.807, 2.05) is 46.8 Å². The molecule has 3 aromatic rings. The number of hydrogen-bond donors (Lipinski definition) is 0. The number of piperazine rings is 1. The fourth-order valence-electron chi connectivity index (χ4n) is 5.04. The first-order valence-electron chi connectivity index (χ1n) is 14.3. The van der Waals surface area contributed by atoms with Crippen molar-refractivity contribution in [2.24, 2.45) is 0 Å². The summed E-state index contributed by atoms with van der Waals surface area (Å²) in [6.07, 6.45) is 2.92. The number of carbonyl (C=O) groups excluding carboxylic acids is 1. The summed E-state index contributed by atoms with van der Waals surface area (Å²) < 4.78 is 21.9. The van der Waals surface area contributed by atoms with Crippen molar-refractivity contribution in [2.45, 2.75) is 53.5 Å². The van der Waals surface area contributed by atoms with Crippen LogP contribution in [0.1, 0.15) is 61.6 Å². The van der Waals surface area contributed by atoms with E-state index in [9.17, 15) is 9.18 Å². The van der Waals surface area contributed by atoms with Gasteiger partial charge in [-0.25, -0.2) is 9.07 Å². The second-order valence-electron chi connectivity index (χ2n) is 10.2. The molecular formula is C31H42FN5O2. The molecule has 2 heterocycles. The SMILES string of the molecule is CCCCOc1ccc(C(=O)N(CCC)Cc2c(C)nn(-c3cccc(F)c3)c2N2CCN(CC)CC2)cc1. The van der Waals surface area contributed by atoms with Crippen LogP contribution in [0.3, 0.4) is 0 Å². The molecule has 0 bridgehead atoms. The lowest BCUT2D eigenvalue weighted by Crippen LogP contribution is -2.47. The zero-order chi connectivity index (χ0) is 27.8. The molecule has 2 aromatic carbocycles. The summed E-state index contributed by atoms with van der Waals surface area (Å²) in [5.41, 5.74) is 3.18. The highest BCUT2D eigenvalue weighted by Crippen LogP contribution is 2.30. The quantitative estimate of drug-likeness (QED) is 0.279. The van der Waals surface area contributed by atoms with Crippen molar-refractivity contribution in [1.29, 1.82) is 0 Å². The summed E-state index contributed by atoms with van der Waals surface area (Å²) in [4.78, 5) is 20.4. The number of aryl methyl sites for hydroxylation is 1. The van der Waals surface area contributed by atoms with E-state index in [-0.39, 0.29) is 11.7 Å². The number of halogens is 1. The van der Waals surface area contributed by atoms with E-state index in [0.717, 1.165) is 74.8 Å². The minimum atomic E-state index is -0.297. The van der Waals surface area contributed by atoms with Crippen molar-refractivity contribution in [1.82, 2.24) is 19.6 Å². The van der Waals surface area contributed by atoms with E-state index < -0.39 is 0 Å². The fourth-order valence-corrected chi connectivity index (χ4v) is 5.04. The topological polar surface area (TPSA) is 53.8 Å². The maximum Gasteiger partial charge on any atom is 0.254 e. The van der Waals surface area contributed by atoms with Gasteiger partial charge >= 0.3 is 0 Å². The smallest absolute Gasteiger partial charge is 0.254 e. The van der Waals surface area contributed by atoms with Gasteiger partial charge in [0.15, 0.2) is 0 Å². The number of aromatic nitrogens is 2. The summed E-state index contributed by atoms with van der Waals surface area (Å²) in [5.74, 6) is 1.41. The van der Waals surface area contributed by atoms with E-state index >= 15 is 0 Å². The summed E-state index contributed by atoms with van der Waals surface area (Å²) in [7, 11) is 0. The van der Waals surface area contributed by atoms with Crippen LogP contribution >= 0.6 is 0 Å². The zero-order valence-electron chi connectivity index (χ0n) is 23.8. The summed E-state index contributed by atoms with van der Waals surface area (Å²) in [6, 6.07) is 14.0. The van der Waals surface area contributed by atoms with E-state index in [4.69, 9.17) is 9.84 Å². The number of unbranched alkanes of at least 4 members (excludes halogenated alkanes) is 1. The van der Waals surface area contributed by atoms with Crippen LogP contribution in [0.4, 0.5) is 10.2 Å². The molecule has 8 heteroatoms. The predicted octanol–water partition coefficient (Wildman–Crippen LogP) is 5.69. The van der Waals surface area contributed by atoms with E-state index in [0.29, 0.717) is 30.9 Å². The maximum atomic E-state index is 14.2. The Bertz CT molecular complexity index is 1220. The van der Waals surface area contributed by atoms with Crippen LogP contribution in [0, 0.1) is 12.7 Å². The molecule has 0 radical (unpaired) electrons. The van der Waals surface area contributed by atoms with E-state index in [1.54, 1.807) is 6.07 Å². The first kappa shape index (κ1) is 28.6. The molecule has 39 heavy (non-hydrogen) atoms. The third-order valence-electron chi connectivity index (χ3n) is 7.33. The Kier molecular flexibility index (Phi) is 9.98. The molecule has 1 aliphatic rings. The highest BCUT2D eigenvalue weighted by molar-refractivity contribution is 5.94. The minimum Gasteiger partial charge on any atom is -0.494 e. The highest BCUT2D eigenvalue weighted by atomic mass is 19.1. The number of rotatable bonds is 12. The van der Waals surface area contributed by atoms with Crippen LogP contribution in [-0.4, -0.2) is 71.4 Å². The van der Waals surface area contributed by atoms with Gasteiger partial charge in [0.05, 0.1) is 24.5 Å². The lowest BCUT2D eigenvalue weighted by molar-refractivity contribution is 0.0743. The second kappa shape index (κ2) is 13.6. The lowest BCUT2D eigenvalue weighted by atomic mass is 10.1. The normalized spacial score (nSPS) is 14.0. The monoisotopic (exact) mass is 535 g/mol. The highest BCUT2D eigenvalue weighted by Gasteiger charge is 2.28. The van der Waals surface area contributed by atoms with Crippen molar-refractivity contribution >= 4 is 11.7 Å². The van der Waals surface area contributed by atoms with Crippen molar-refractivity contribution in [3.05, 3.63) is 71.2 Å². The summed E-state index contributed by atoms with van der Waals surface area (Å²) in [6.45, 7) is 14.7. The molecule has 1 aliphatic heterocycles. The van der Waals surface area contributed by atoms with Gasteiger partial charge in [-0.3, -0.25) is 4.79 Å². The number of carbonyl (C=O) groups is 1. The van der Waals surface area contributed by atoms with Crippen LogP contribution in [0.25, 0.3) is 5.69 Å². The van der Waals surface area contributed by atoms with Gasteiger partial charge < -0.3 is 19.4 Å². The van der Waals surface area contributed by atoms with Crippen molar-refractivity contribution in [3.8, 4) is 11.4 Å². The maximum absolute atomic E-state index is 14.2. The van der Waals surface area contributed by atoms with Gasteiger partial charge in [0.2, 0.25) is 0 Å². The molecule has 7 nitrogen and oxygen atoms in total. The Balaban J connectivity index is 1.64. The van der Waals surface area contributed by atoms with Crippen LogP contribution in [0.5, 0.6) is 5.75 Å². The van der Waals surface area contributed by atoms with Gasteiger partial charge in [0.1, 0.15) is 17.4 Å². The molecule has 1 fully saturated rings. The number of amides is 1. The molecule has 0 atom stereocenters. The van der Waals surface area contributed by atoms with Gasteiger partial charge in [0, 0.05) is 43.9 Å². The third kappa shape index (κ3) is 6.98. The standard InChI is InChI=1S/C31H42FN5O2/c1-5-8-21-39-28-14-12-25(13-15-28)31(38)36(16-6-2)23-29-24(4)33-37(27-11-9-10-26(32)22-27)30(29)35-19-17-34(7-3)18-20-35/h9-15,22H,5-8,16-21,23H2,1-4H3. The van der Waals surface area contributed by atoms with Crippen molar-refractivity contribution in [3.63, 3.8) is 0 Å². The number of likely N-dealkylation sites (N-methyl/N-ethyl adjacent to an activating group) is 1. The fraction of sp³-hybridized carbons (Fsp3) is 0.484. The molecule has 1 saturated heterocycles. The average Bonchev–Trinajstić information content (AvgIpc) is 3.28. The molecule has 1 aromatic heterocycles. The molecule has 0 N–H and O–H groups in total. The zero-order valence-corrected chi connectivity index (χ0v) is 23.8. The molecule has 210 valence electrons. The van der Waals surface area contributed by atoms with Gasteiger partial charge in [-0.05, 0) is 68.8 Å². The molecule has 0 spiro atoms. The van der Waals surface area contributed by atoms with Gasteiger partial charge in [0.25, 0.3) is 5.91 Å². The Morgan fingerprint density at radius 1 is 1.03 bits per heavy atom.